The van der Waals surface area contributed by atoms with Crippen LogP contribution in [-0.4, -0.2) is 67.4 Å². The van der Waals surface area contributed by atoms with Crippen molar-refractivity contribution in [2.45, 2.75) is 31.9 Å². The van der Waals surface area contributed by atoms with E-state index in [0.29, 0.717) is 18.8 Å². The molecule has 8 heteroatoms. The Morgan fingerprint density at radius 1 is 1.23 bits per heavy atom. The van der Waals surface area contributed by atoms with Crippen LogP contribution in [0.1, 0.15) is 19.8 Å². The van der Waals surface area contributed by atoms with Crippen LogP contribution in [-0.2, 0) is 4.79 Å². The number of aliphatic hydroxyl groups excluding tert-OH is 1. The van der Waals surface area contributed by atoms with E-state index in [1.54, 1.807) is 43.2 Å². The summed E-state index contributed by atoms with van der Waals surface area (Å²) in [6.45, 7) is 3.02. The van der Waals surface area contributed by atoms with Crippen LogP contribution in [0.3, 0.4) is 0 Å². The molecular formula is C18H27N3O5. The summed E-state index contributed by atoms with van der Waals surface area (Å²) in [4.78, 5) is 25.0. The van der Waals surface area contributed by atoms with Crippen LogP contribution < -0.4 is 20.1 Å². The highest BCUT2D eigenvalue weighted by Crippen LogP contribution is 2.17. The number of carbonyl (C=O) groups is 2. The van der Waals surface area contributed by atoms with Gasteiger partial charge in [-0.2, -0.15) is 0 Å². The second kappa shape index (κ2) is 9.86. The molecule has 1 unspecified atom stereocenters. The topological polar surface area (TPSA) is 100 Å². The highest BCUT2D eigenvalue weighted by molar-refractivity contribution is 5.75. The first-order valence-electron chi connectivity index (χ1n) is 8.72. The maximum Gasteiger partial charge on any atom is 0.315 e. The Labute approximate surface area is 153 Å². The smallest absolute Gasteiger partial charge is 0.315 e. The summed E-state index contributed by atoms with van der Waals surface area (Å²) < 4.78 is 10.5. The molecule has 0 spiro atoms. The van der Waals surface area contributed by atoms with Crippen LogP contribution in [0.2, 0.25) is 0 Å². The minimum absolute atomic E-state index is 0.0401. The molecule has 1 saturated heterocycles. The lowest BCUT2D eigenvalue weighted by Gasteiger charge is -2.31. The highest BCUT2D eigenvalue weighted by atomic mass is 16.5. The molecule has 8 nitrogen and oxygen atoms in total. The molecule has 1 fully saturated rings. The number of methoxy groups -OCH3 is 1. The van der Waals surface area contributed by atoms with E-state index in [0.717, 1.165) is 18.6 Å². The van der Waals surface area contributed by atoms with Crippen LogP contribution >= 0.6 is 0 Å². The summed E-state index contributed by atoms with van der Waals surface area (Å²) in [5.74, 6) is 1.41. The minimum atomic E-state index is -0.817. The first-order chi connectivity index (χ1) is 12.5. The van der Waals surface area contributed by atoms with E-state index in [1.165, 1.54) is 0 Å². The van der Waals surface area contributed by atoms with Gasteiger partial charge in [-0.05, 0) is 37.1 Å². The van der Waals surface area contributed by atoms with Crippen molar-refractivity contribution in [1.29, 1.82) is 0 Å². The molecule has 3 N–H and O–H groups in total. The molecule has 1 atom stereocenters. The second-order valence-corrected chi connectivity index (χ2v) is 6.28. The number of hydrogen-bond acceptors (Lipinski definition) is 5. The van der Waals surface area contributed by atoms with Gasteiger partial charge in [0.15, 0.2) is 0 Å². The van der Waals surface area contributed by atoms with E-state index in [1.807, 2.05) is 0 Å². The van der Waals surface area contributed by atoms with Gasteiger partial charge in [0.2, 0.25) is 5.91 Å². The van der Waals surface area contributed by atoms with Crippen LogP contribution in [0.5, 0.6) is 11.5 Å². The average molecular weight is 365 g/mol. The Bertz CT molecular complexity index is 585. The number of amides is 3. The molecule has 26 heavy (non-hydrogen) atoms. The maximum atomic E-state index is 11.9. The predicted molar refractivity (Wildman–Crippen MR) is 96.3 cm³/mol. The number of likely N-dealkylation sites (tertiary alicyclic amines) is 1. The van der Waals surface area contributed by atoms with Crippen LogP contribution in [0.4, 0.5) is 4.79 Å². The maximum absolute atomic E-state index is 11.9. The zero-order chi connectivity index (χ0) is 18.9. The van der Waals surface area contributed by atoms with Gasteiger partial charge in [-0.3, -0.25) is 4.79 Å². The van der Waals surface area contributed by atoms with Crippen molar-refractivity contribution in [2.24, 2.45) is 0 Å². The van der Waals surface area contributed by atoms with Crippen molar-refractivity contribution < 1.29 is 24.2 Å². The monoisotopic (exact) mass is 365 g/mol. The summed E-state index contributed by atoms with van der Waals surface area (Å²) in [7, 11) is 1.59. The summed E-state index contributed by atoms with van der Waals surface area (Å²) in [6.07, 6.45) is 0.647. The van der Waals surface area contributed by atoms with Gasteiger partial charge in [0.1, 0.15) is 24.2 Å². The fraction of sp³-hybridized carbons (Fsp3) is 0.556. The fourth-order valence-electron chi connectivity index (χ4n) is 2.71. The lowest BCUT2D eigenvalue weighted by molar-refractivity contribution is -0.129. The first-order valence-corrected chi connectivity index (χ1v) is 8.72. The summed E-state index contributed by atoms with van der Waals surface area (Å²) in [6, 6.07) is 6.75. The van der Waals surface area contributed by atoms with E-state index >= 15 is 0 Å². The third-order valence-electron chi connectivity index (χ3n) is 4.28. The van der Waals surface area contributed by atoms with Crippen molar-refractivity contribution in [3.05, 3.63) is 24.3 Å². The predicted octanol–water partition coefficient (Wildman–Crippen LogP) is 0.745. The van der Waals surface area contributed by atoms with Crippen LogP contribution in [0, 0.1) is 0 Å². The second-order valence-electron chi connectivity index (χ2n) is 6.28. The van der Waals surface area contributed by atoms with Crippen molar-refractivity contribution in [1.82, 2.24) is 15.5 Å². The Hall–Kier alpha value is -2.48. The lowest BCUT2D eigenvalue weighted by Crippen LogP contribution is -2.50. The number of aliphatic hydroxyl groups is 1. The number of rotatable bonds is 7. The van der Waals surface area contributed by atoms with Gasteiger partial charge in [-0.25, -0.2) is 4.79 Å². The van der Waals surface area contributed by atoms with Gasteiger partial charge in [0, 0.05) is 32.6 Å². The van der Waals surface area contributed by atoms with E-state index in [9.17, 15) is 14.7 Å². The SMILES string of the molecule is COc1ccc(OCC(O)CNC(=O)NC2CCN(C(C)=O)CC2)cc1. The first kappa shape index (κ1) is 19.8. The normalized spacial score (nSPS) is 15.9. The van der Waals surface area contributed by atoms with Gasteiger partial charge in [-0.1, -0.05) is 0 Å². The summed E-state index contributed by atoms with van der Waals surface area (Å²) >= 11 is 0. The van der Waals surface area contributed by atoms with Gasteiger partial charge in [0.25, 0.3) is 0 Å². The van der Waals surface area contributed by atoms with E-state index in [2.05, 4.69) is 10.6 Å². The van der Waals surface area contributed by atoms with Gasteiger partial charge >= 0.3 is 6.03 Å². The molecule has 0 aromatic heterocycles. The molecule has 1 aromatic rings. The van der Waals surface area contributed by atoms with Gasteiger partial charge in [0.05, 0.1) is 7.11 Å². The Kier molecular flexibility index (Phi) is 7.53. The van der Waals surface area contributed by atoms with Crippen LogP contribution in [0.25, 0.3) is 0 Å². The van der Waals surface area contributed by atoms with Crippen molar-refractivity contribution >= 4 is 11.9 Å². The molecule has 2 rings (SSSR count). The number of nitrogens with one attached hydrogen (secondary N) is 2. The molecule has 0 bridgehead atoms. The molecule has 0 aliphatic carbocycles. The zero-order valence-electron chi connectivity index (χ0n) is 15.2. The number of nitrogens with zero attached hydrogens (tertiary/aromatic N) is 1. The molecule has 1 aromatic carbocycles. The van der Waals surface area contributed by atoms with Gasteiger partial charge in [-0.15, -0.1) is 0 Å². The molecule has 1 aliphatic heterocycles. The zero-order valence-corrected chi connectivity index (χ0v) is 15.2. The number of carbonyl (C=O) groups excluding carboxylic acids is 2. The molecule has 1 aliphatic rings. The van der Waals surface area contributed by atoms with Crippen LogP contribution in [0.15, 0.2) is 24.3 Å². The molecule has 0 saturated carbocycles. The van der Waals surface area contributed by atoms with E-state index in [-0.39, 0.29) is 31.1 Å². The lowest BCUT2D eigenvalue weighted by atomic mass is 10.1. The Morgan fingerprint density at radius 3 is 2.42 bits per heavy atom. The average Bonchev–Trinajstić information content (AvgIpc) is 2.65. The van der Waals surface area contributed by atoms with E-state index in [4.69, 9.17) is 9.47 Å². The quantitative estimate of drug-likeness (QED) is 0.662. The summed E-state index contributed by atoms with van der Waals surface area (Å²) in [5, 5.41) is 15.4. The van der Waals surface area contributed by atoms with Crippen molar-refractivity contribution in [3.8, 4) is 11.5 Å². The standard InChI is InChI=1S/C18H27N3O5/c1-13(22)21-9-7-14(8-10-21)20-18(24)19-11-15(23)12-26-17-5-3-16(25-2)4-6-17/h3-6,14-15,23H,7-12H2,1-2H3,(H2,19,20,24). The number of benzene rings is 1. The molecular weight excluding hydrogens is 338 g/mol. The number of urea groups is 1. The molecule has 1 heterocycles. The third kappa shape index (κ3) is 6.44. The number of piperidine rings is 1. The Balaban J connectivity index is 1.61. The fourth-order valence-corrected chi connectivity index (χ4v) is 2.71. The Morgan fingerprint density at radius 2 is 1.85 bits per heavy atom. The van der Waals surface area contributed by atoms with E-state index < -0.39 is 6.10 Å². The minimum Gasteiger partial charge on any atom is -0.497 e. The number of ether oxygens (including phenoxy) is 2. The molecule has 3 amide bonds. The van der Waals surface area contributed by atoms with Crippen molar-refractivity contribution in [3.63, 3.8) is 0 Å². The van der Waals surface area contributed by atoms with Gasteiger partial charge < -0.3 is 30.1 Å². The third-order valence-corrected chi connectivity index (χ3v) is 4.28. The molecule has 144 valence electrons. The summed E-state index contributed by atoms with van der Waals surface area (Å²) in [5.41, 5.74) is 0. The number of hydrogen-bond donors (Lipinski definition) is 3. The molecule has 0 radical (unpaired) electrons. The largest absolute Gasteiger partial charge is 0.497 e. The van der Waals surface area contributed by atoms with Crippen molar-refractivity contribution in [2.75, 3.05) is 33.4 Å². The highest BCUT2D eigenvalue weighted by Gasteiger charge is 2.22.